The van der Waals surface area contributed by atoms with E-state index in [1.165, 1.54) is 16.7 Å². The van der Waals surface area contributed by atoms with E-state index in [9.17, 15) is 13.2 Å². The first-order valence-electron chi connectivity index (χ1n) is 12.8. The first kappa shape index (κ1) is 26.5. The molecule has 3 aromatic carbocycles. The first-order valence-corrected chi connectivity index (χ1v) is 15.8. The predicted molar refractivity (Wildman–Crippen MR) is 162 cm³/mol. The lowest BCUT2D eigenvalue weighted by molar-refractivity contribution is -0.123. The number of para-hydroxylation sites is 1. The zero-order valence-corrected chi connectivity index (χ0v) is 23.8. The van der Waals surface area contributed by atoms with E-state index in [2.05, 4.69) is 0 Å². The van der Waals surface area contributed by atoms with Crippen molar-refractivity contribution >= 4 is 50.1 Å². The molecule has 1 aromatic heterocycles. The van der Waals surface area contributed by atoms with Crippen LogP contribution in [0.25, 0.3) is 23.0 Å². The van der Waals surface area contributed by atoms with Crippen molar-refractivity contribution < 1.29 is 17.9 Å². The number of thiocarbonyl (C=S) groups is 1. The number of ether oxygens (including phenoxy) is 1. The average molecular weight is 588 g/mol. The van der Waals surface area contributed by atoms with Gasteiger partial charge < -0.3 is 4.74 Å². The molecule has 6 rings (SSSR count). The summed E-state index contributed by atoms with van der Waals surface area (Å²) in [5.41, 5.74) is 4.29. The topological polar surface area (TPSA) is 81.5 Å². The minimum atomic E-state index is -3.16. The molecule has 0 N–H and O–H groups in total. The molecule has 0 aliphatic carbocycles. The minimum absolute atomic E-state index is 0.0530. The van der Waals surface area contributed by atoms with E-state index in [1.54, 1.807) is 10.8 Å². The fourth-order valence-electron chi connectivity index (χ4n) is 4.80. The third kappa shape index (κ3) is 5.60. The quantitative estimate of drug-likeness (QED) is 0.208. The molecule has 10 heteroatoms. The van der Waals surface area contributed by atoms with Crippen LogP contribution >= 0.6 is 24.0 Å². The second-order valence-corrected chi connectivity index (χ2v) is 13.5. The zero-order chi connectivity index (χ0) is 27.7. The summed E-state index contributed by atoms with van der Waals surface area (Å²) in [6, 6.07) is 27.0. The third-order valence-corrected chi connectivity index (χ3v) is 9.90. The van der Waals surface area contributed by atoms with Crippen molar-refractivity contribution in [3.05, 3.63) is 107 Å². The molecule has 1 unspecified atom stereocenters. The van der Waals surface area contributed by atoms with Gasteiger partial charge in [0.25, 0.3) is 5.91 Å². The summed E-state index contributed by atoms with van der Waals surface area (Å²) >= 11 is 6.70. The van der Waals surface area contributed by atoms with Gasteiger partial charge >= 0.3 is 0 Å². The van der Waals surface area contributed by atoms with E-state index in [1.807, 2.05) is 91.1 Å². The molecule has 1 atom stereocenters. The number of rotatable bonds is 7. The Morgan fingerprint density at radius 3 is 2.38 bits per heavy atom. The Labute approximate surface area is 242 Å². The van der Waals surface area contributed by atoms with E-state index in [0.717, 1.165) is 28.1 Å². The highest BCUT2D eigenvalue weighted by Crippen LogP contribution is 2.38. The highest BCUT2D eigenvalue weighted by atomic mass is 32.2. The van der Waals surface area contributed by atoms with Gasteiger partial charge in [-0.1, -0.05) is 72.5 Å². The third-order valence-electron chi connectivity index (χ3n) is 6.82. The van der Waals surface area contributed by atoms with E-state index in [-0.39, 0.29) is 17.4 Å². The van der Waals surface area contributed by atoms with E-state index in [0.29, 0.717) is 27.9 Å². The van der Waals surface area contributed by atoms with Crippen molar-refractivity contribution in [1.82, 2.24) is 14.7 Å². The highest BCUT2D eigenvalue weighted by molar-refractivity contribution is 8.26. The number of amides is 1. The monoisotopic (exact) mass is 587 g/mol. The second-order valence-electron chi connectivity index (χ2n) is 9.62. The maximum atomic E-state index is 13.4. The van der Waals surface area contributed by atoms with Crippen LogP contribution in [0, 0.1) is 0 Å². The fraction of sp³-hybridized carbons (Fsp3) is 0.167. The molecular weight excluding hydrogens is 563 g/mol. The number of thioether (sulfide) groups is 1. The molecule has 2 saturated heterocycles. The van der Waals surface area contributed by atoms with E-state index < -0.39 is 15.9 Å². The molecule has 4 aromatic rings. The summed E-state index contributed by atoms with van der Waals surface area (Å²) in [5.74, 6) is 0.499. The van der Waals surface area contributed by atoms with Crippen LogP contribution < -0.4 is 4.74 Å². The van der Waals surface area contributed by atoms with Gasteiger partial charge in [0.2, 0.25) is 0 Å². The number of benzene rings is 3. The van der Waals surface area contributed by atoms with Crippen molar-refractivity contribution in [2.24, 2.45) is 0 Å². The molecule has 2 aliphatic rings. The number of nitrogens with zero attached hydrogens (tertiary/aromatic N) is 3. The normalized spacial score (nSPS) is 19.4. The molecule has 2 aliphatic heterocycles. The SMILES string of the molecule is O=C1C(=Cc2cn(-c3ccccc3)nc2-c2ccc(OCc3ccccc3)cc2)SC(=S)N1C1CCS(=O)(=O)C1. The summed E-state index contributed by atoms with van der Waals surface area (Å²) in [6.07, 6.45) is 4.08. The minimum Gasteiger partial charge on any atom is -0.489 e. The summed E-state index contributed by atoms with van der Waals surface area (Å²) < 4.78 is 32.2. The molecule has 40 heavy (non-hydrogen) atoms. The highest BCUT2D eigenvalue weighted by Gasteiger charge is 2.42. The smallest absolute Gasteiger partial charge is 0.266 e. The molecule has 0 saturated carbocycles. The van der Waals surface area contributed by atoms with Crippen LogP contribution in [-0.2, 0) is 21.2 Å². The Kier molecular flexibility index (Phi) is 7.31. The van der Waals surface area contributed by atoms with Crippen molar-refractivity contribution in [3.63, 3.8) is 0 Å². The van der Waals surface area contributed by atoms with Crippen LogP contribution in [0.3, 0.4) is 0 Å². The van der Waals surface area contributed by atoms with Gasteiger partial charge in [-0.25, -0.2) is 13.1 Å². The Morgan fingerprint density at radius 1 is 1.00 bits per heavy atom. The van der Waals surface area contributed by atoms with Gasteiger partial charge in [-0.05, 0) is 54.5 Å². The summed E-state index contributed by atoms with van der Waals surface area (Å²) in [7, 11) is -3.16. The standard InChI is InChI=1S/C30H25N3O4S3/c34-29-27(39-30(38)33(29)25-15-16-40(35,36)20-25)17-23-18-32(24-9-5-2-6-10-24)31-28(23)22-11-13-26(14-12-22)37-19-21-7-3-1-4-8-21/h1-14,17-18,25H,15-16,19-20H2. The van der Waals surface area contributed by atoms with Gasteiger partial charge in [0.15, 0.2) is 9.84 Å². The van der Waals surface area contributed by atoms with Crippen molar-refractivity contribution in [2.45, 2.75) is 19.1 Å². The Hall–Kier alpha value is -3.73. The van der Waals surface area contributed by atoms with Crippen LogP contribution in [-0.4, -0.2) is 50.9 Å². The number of aromatic nitrogens is 2. The van der Waals surface area contributed by atoms with Crippen LogP contribution in [0.1, 0.15) is 17.5 Å². The van der Waals surface area contributed by atoms with Gasteiger partial charge in [0.1, 0.15) is 16.7 Å². The Bertz CT molecular complexity index is 1700. The Balaban J connectivity index is 1.30. The molecule has 0 radical (unpaired) electrons. The molecule has 7 nitrogen and oxygen atoms in total. The van der Waals surface area contributed by atoms with Gasteiger partial charge in [-0.3, -0.25) is 9.69 Å². The lowest BCUT2D eigenvalue weighted by Gasteiger charge is -2.20. The summed E-state index contributed by atoms with van der Waals surface area (Å²) in [4.78, 5) is 15.3. The molecule has 202 valence electrons. The molecule has 2 fully saturated rings. The van der Waals surface area contributed by atoms with Gasteiger partial charge in [0, 0.05) is 17.3 Å². The van der Waals surface area contributed by atoms with Crippen LogP contribution in [0.5, 0.6) is 5.75 Å². The maximum Gasteiger partial charge on any atom is 0.266 e. The Morgan fingerprint density at radius 2 is 1.70 bits per heavy atom. The first-order chi connectivity index (χ1) is 19.4. The van der Waals surface area contributed by atoms with Gasteiger partial charge in [-0.15, -0.1) is 0 Å². The van der Waals surface area contributed by atoms with E-state index in [4.69, 9.17) is 22.1 Å². The molecule has 3 heterocycles. The number of hydrogen-bond donors (Lipinski definition) is 0. The van der Waals surface area contributed by atoms with Crippen LogP contribution in [0.15, 0.2) is 96.0 Å². The van der Waals surface area contributed by atoms with Crippen molar-refractivity contribution in [2.75, 3.05) is 11.5 Å². The van der Waals surface area contributed by atoms with Gasteiger partial charge in [-0.2, -0.15) is 5.10 Å². The number of carbonyl (C=O) groups excluding carboxylic acids is 1. The largest absolute Gasteiger partial charge is 0.489 e. The van der Waals surface area contributed by atoms with Gasteiger partial charge in [0.05, 0.1) is 33.8 Å². The number of carbonyl (C=O) groups is 1. The maximum absolute atomic E-state index is 13.4. The van der Waals surface area contributed by atoms with Crippen LogP contribution in [0.2, 0.25) is 0 Å². The summed E-state index contributed by atoms with van der Waals surface area (Å²) in [6.45, 7) is 0.470. The average Bonchev–Trinajstić information content (AvgIpc) is 3.63. The second kappa shape index (κ2) is 11.0. The van der Waals surface area contributed by atoms with Crippen LogP contribution in [0.4, 0.5) is 0 Å². The number of sulfone groups is 1. The summed E-state index contributed by atoms with van der Waals surface area (Å²) in [5, 5.41) is 4.86. The lowest BCUT2D eigenvalue weighted by Crippen LogP contribution is -2.39. The van der Waals surface area contributed by atoms with Crippen molar-refractivity contribution in [1.29, 1.82) is 0 Å². The number of hydrogen-bond acceptors (Lipinski definition) is 7. The fourth-order valence-corrected chi connectivity index (χ4v) is 7.89. The molecule has 0 bridgehead atoms. The predicted octanol–water partition coefficient (Wildman–Crippen LogP) is 5.51. The zero-order valence-electron chi connectivity index (χ0n) is 21.3. The van der Waals surface area contributed by atoms with E-state index >= 15 is 0 Å². The van der Waals surface area contributed by atoms with Crippen molar-refractivity contribution in [3.8, 4) is 22.7 Å². The molecule has 1 amide bonds. The lowest BCUT2D eigenvalue weighted by atomic mass is 10.1. The molecule has 0 spiro atoms. The molecular formula is C30H25N3O4S3.